The lowest BCUT2D eigenvalue weighted by Gasteiger charge is -2.40. The van der Waals surface area contributed by atoms with Crippen LogP contribution in [0.4, 0.5) is 0 Å². The van der Waals surface area contributed by atoms with E-state index >= 15 is 0 Å². The van der Waals surface area contributed by atoms with E-state index in [2.05, 4.69) is 27.7 Å². The molecule has 0 aromatic carbocycles. The van der Waals surface area contributed by atoms with Crippen LogP contribution in [0.1, 0.15) is 105 Å². The van der Waals surface area contributed by atoms with E-state index in [1.807, 2.05) is 0 Å². The maximum Gasteiger partial charge on any atom is 0.318 e. The second-order valence-electron chi connectivity index (χ2n) is 8.55. The van der Waals surface area contributed by atoms with Gasteiger partial charge in [0.2, 0.25) is 0 Å². The first-order chi connectivity index (χ1) is 13.1. The molecule has 3 nitrogen and oxygen atoms in total. The Balaban J connectivity index is 2.50. The van der Waals surface area contributed by atoms with Crippen molar-refractivity contribution >= 4 is 11.9 Å². The average molecular weight is 377 g/mol. The third-order valence-corrected chi connectivity index (χ3v) is 6.64. The van der Waals surface area contributed by atoms with Gasteiger partial charge in [0.15, 0.2) is 0 Å². The molecule has 154 valence electrons. The highest BCUT2D eigenvalue weighted by molar-refractivity contribution is 5.97. The van der Waals surface area contributed by atoms with Gasteiger partial charge in [-0.25, -0.2) is 0 Å². The number of rotatable bonds is 12. The van der Waals surface area contributed by atoms with Gasteiger partial charge < -0.3 is 4.74 Å². The summed E-state index contributed by atoms with van der Waals surface area (Å²) in [4.78, 5) is 25.4. The van der Waals surface area contributed by atoms with Gasteiger partial charge in [-0.15, -0.1) is 0 Å². The minimum atomic E-state index is -0.240. The average Bonchev–Trinajstić information content (AvgIpc) is 2.96. The van der Waals surface area contributed by atoms with Crippen LogP contribution in [-0.4, -0.2) is 11.9 Å². The van der Waals surface area contributed by atoms with Crippen LogP contribution in [0.5, 0.6) is 0 Å². The Morgan fingerprint density at radius 3 is 1.33 bits per heavy atom. The van der Waals surface area contributed by atoms with Gasteiger partial charge in [0.05, 0.1) is 11.8 Å². The molecule has 4 atom stereocenters. The minimum Gasteiger partial charge on any atom is -0.393 e. The number of fused-ring (bicyclic) bond motifs is 1. The molecule has 1 aliphatic carbocycles. The third kappa shape index (κ3) is 5.03. The summed E-state index contributed by atoms with van der Waals surface area (Å²) in [7, 11) is 0. The van der Waals surface area contributed by atoms with Crippen molar-refractivity contribution in [2.75, 3.05) is 0 Å². The standard InChI is InChI=1S/C24H40O3/c1-5-9-13-17-18(14-10-6-2)20(16-12-8-4)22-21(19(17)15-11-7-3)23(25)27-24(22)26/h19-22H,5-16H2,1-4H3. The third-order valence-electron chi connectivity index (χ3n) is 6.64. The van der Waals surface area contributed by atoms with E-state index in [1.165, 1.54) is 36.8 Å². The Hall–Kier alpha value is -1.12. The topological polar surface area (TPSA) is 43.4 Å². The number of esters is 2. The highest BCUT2D eigenvalue weighted by atomic mass is 16.6. The SMILES string of the molecule is CCCCC1=C(CCCC)C(CCCC)C2C(=O)OC(=O)C2C1CCCC. The fourth-order valence-electron chi connectivity index (χ4n) is 5.25. The molecule has 2 aliphatic rings. The molecule has 3 heteroatoms. The van der Waals surface area contributed by atoms with E-state index < -0.39 is 0 Å². The van der Waals surface area contributed by atoms with Crippen LogP contribution in [0, 0.1) is 23.7 Å². The molecule has 1 saturated heterocycles. The number of carbonyl (C=O) groups is 2. The molecule has 1 fully saturated rings. The lowest BCUT2D eigenvalue weighted by Crippen LogP contribution is -2.39. The summed E-state index contributed by atoms with van der Waals surface area (Å²) in [5, 5.41) is 0. The predicted octanol–water partition coefficient (Wildman–Crippen LogP) is 6.61. The molecule has 4 unspecified atom stereocenters. The maximum absolute atomic E-state index is 12.7. The van der Waals surface area contributed by atoms with Gasteiger partial charge >= 0.3 is 11.9 Å². The summed E-state index contributed by atoms with van der Waals surface area (Å²) in [6.45, 7) is 8.88. The van der Waals surface area contributed by atoms with Gasteiger partial charge in [-0.05, 0) is 50.4 Å². The molecule has 27 heavy (non-hydrogen) atoms. The molecule has 2 rings (SSSR count). The van der Waals surface area contributed by atoms with Crippen molar-refractivity contribution in [1.29, 1.82) is 0 Å². The van der Waals surface area contributed by atoms with Crippen molar-refractivity contribution in [1.82, 2.24) is 0 Å². The van der Waals surface area contributed by atoms with Gasteiger partial charge in [0, 0.05) is 0 Å². The first-order valence-corrected chi connectivity index (χ1v) is 11.6. The Labute approximate surface area is 166 Å². The van der Waals surface area contributed by atoms with Crippen molar-refractivity contribution in [3.05, 3.63) is 11.1 Å². The number of hydrogen-bond donors (Lipinski definition) is 0. The van der Waals surface area contributed by atoms with Gasteiger partial charge in [-0.1, -0.05) is 77.4 Å². The molecule has 0 aromatic rings. The zero-order valence-electron chi connectivity index (χ0n) is 18.0. The Bertz CT molecular complexity index is 488. The number of carbonyl (C=O) groups excluding carboxylic acids is 2. The molecular formula is C24H40O3. The lowest BCUT2D eigenvalue weighted by atomic mass is 9.60. The van der Waals surface area contributed by atoms with Crippen molar-refractivity contribution in [2.24, 2.45) is 23.7 Å². The number of ether oxygens (including phenoxy) is 1. The number of allylic oxidation sites excluding steroid dienone is 2. The van der Waals surface area contributed by atoms with Gasteiger partial charge in [0.25, 0.3) is 0 Å². The molecule has 1 aliphatic heterocycles. The van der Waals surface area contributed by atoms with Crippen molar-refractivity contribution in [3.8, 4) is 0 Å². The number of hydrogen-bond acceptors (Lipinski definition) is 3. The predicted molar refractivity (Wildman–Crippen MR) is 110 cm³/mol. The maximum atomic E-state index is 12.7. The fourth-order valence-corrected chi connectivity index (χ4v) is 5.25. The van der Waals surface area contributed by atoms with Crippen LogP contribution in [0.3, 0.4) is 0 Å². The second-order valence-corrected chi connectivity index (χ2v) is 8.55. The summed E-state index contributed by atoms with van der Waals surface area (Å²) in [5.41, 5.74) is 3.07. The Morgan fingerprint density at radius 2 is 1.00 bits per heavy atom. The summed E-state index contributed by atoms with van der Waals surface area (Å²) in [5.74, 6) is -0.464. The van der Waals surface area contributed by atoms with Crippen molar-refractivity contribution < 1.29 is 14.3 Å². The monoisotopic (exact) mass is 376 g/mol. The van der Waals surface area contributed by atoms with Crippen LogP contribution in [0.15, 0.2) is 11.1 Å². The molecule has 1 heterocycles. The summed E-state index contributed by atoms with van der Waals surface area (Å²) in [6.07, 6.45) is 13.4. The first kappa shape index (κ1) is 22.2. The molecule has 0 N–H and O–H groups in total. The summed E-state index contributed by atoms with van der Waals surface area (Å²) >= 11 is 0. The molecule has 0 radical (unpaired) electrons. The zero-order valence-corrected chi connectivity index (χ0v) is 18.0. The van der Waals surface area contributed by atoms with E-state index in [0.717, 1.165) is 51.4 Å². The Morgan fingerprint density at radius 1 is 0.630 bits per heavy atom. The molecule has 0 amide bonds. The first-order valence-electron chi connectivity index (χ1n) is 11.6. The molecule has 0 spiro atoms. The van der Waals surface area contributed by atoms with Crippen molar-refractivity contribution in [2.45, 2.75) is 105 Å². The molecule has 0 saturated carbocycles. The second kappa shape index (κ2) is 11.0. The van der Waals surface area contributed by atoms with E-state index in [0.29, 0.717) is 0 Å². The smallest absolute Gasteiger partial charge is 0.318 e. The number of unbranched alkanes of at least 4 members (excludes halogenated alkanes) is 4. The normalized spacial score (nSPS) is 27.9. The van der Waals surface area contributed by atoms with Gasteiger partial charge in [-0.2, -0.15) is 0 Å². The van der Waals surface area contributed by atoms with Gasteiger partial charge in [-0.3, -0.25) is 9.59 Å². The largest absolute Gasteiger partial charge is 0.393 e. The molecular weight excluding hydrogens is 336 g/mol. The van der Waals surface area contributed by atoms with E-state index in [-0.39, 0.29) is 35.6 Å². The van der Waals surface area contributed by atoms with Crippen LogP contribution in [0.2, 0.25) is 0 Å². The highest BCUT2D eigenvalue weighted by Crippen LogP contribution is 2.52. The van der Waals surface area contributed by atoms with Gasteiger partial charge in [0.1, 0.15) is 0 Å². The van der Waals surface area contributed by atoms with Crippen LogP contribution in [-0.2, 0) is 14.3 Å². The van der Waals surface area contributed by atoms with Crippen LogP contribution >= 0.6 is 0 Å². The summed E-state index contributed by atoms with van der Waals surface area (Å²) < 4.78 is 5.23. The van der Waals surface area contributed by atoms with E-state index in [4.69, 9.17) is 4.74 Å². The van der Waals surface area contributed by atoms with Crippen LogP contribution in [0.25, 0.3) is 0 Å². The number of cyclic esters (lactones) is 2. The van der Waals surface area contributed by atoms with Crippen LogP contribution < -0.4 is 0 Å². The Kier molecular flexibility index (Phi) is 9.05. The van der Waals surface area contributed by atoms with Crippen molar-refractivity contribution in [3.63, 3.8) is 0 Å². The molecule has 0 aromatic heterocycles. The summed E-state index contributed by atoms with van der Waals surface area (Å²) in [6, 6.07) is 0. The fraction of sp³-hybridized carbons (Fsp3) is 0.833. The highest BCUT2D eigenvalue weighted by Gasteiger charge is 2.55. The minimum absolute atomic E-state index is 0.219. The quantitative estimate of drug-likeness (QED) is 0.219. The van der Waals surface area contributed by atoms with E-state index in [9.17, 15) is 9.59 Å². The zero-order chi connectivity index (χ0) is 19.8. The lowest BCUT2D eigenvalue weighted by molar-refractivity contribution is -0.154. The van der Waals surface area contributed by atoms with E-state index in [1.54, 1.807) is 0 Å². The molecule has 0 bridgehead atoms.